The van der Waals surface area contributed by atoms with E-state index >= 15 is 0 Å². The standard InChI is InChI=1S/C14H20N2O2S/c1-11(14(18)16-7-3-2-4-8-16)15-13(17)10-12-6-5-9-19-12/h5-6,9,11H,2-4,7-8,10H2,1H3,(H,15,17)/t11-/m0/s1. The van der Waals surface area contributed by atoms with Gasteiger partial charge in [0.2, 0.25) is 11.8 Å². The lowest BCUT2D eigenvalue weighted by Gasteiger charge is -2.29. The number of nitrogens with one attached hydrogen (secondary N) is 1. The van der Waals surface area contributed by atoms with Crippen LogP contribution in [-0.2, 0) is 16.0 Å². The molecular formula is C14H20N2O2S. The van der Waals surface area contributed by atoms with Gasteiger partial charge in [0, 0.05) is 18.0 Å². The monoisotopic (exact) mass is 280 g/mol. The minimum Gasteiger partial charge on any atom is -0.344 e. The van der Waals surface area contributed by atoms with Crippen molar-refractivity contribution in [3.8, 4) is 0 Å². The Balaban J connectivity index is 1.80. The molecule has 1 saturated heterocycles. The van der Waals surface area contributed by atoms with Gasteiger partial charge in [-0.2, -0.15) is 0 Å². The molecule has 0 aromatic carbocycles. The van der Waals surface area contributed by atoms with Gasteiger partial charge in [0.15, 0.2) is 0 Å². The van der Waals surface area contributed by atoms with Crippen molar-refractivity contribution in [1.29, 1.82) is 0 Å². The van der Waals surface area contributed by atoms with Gasteiger partial charge in [0.05, 0.1) is 6.42 Å². The maximum Gasteiger partial charge on any atom is 0.244 e. The van der Waals surface area contributed by atoms with Gasteiger partial charge in [-0.15, -0.1) is 11.3 Å². The summed E-state index contributed by atoms with van der Waals surface area (Å²) >= 11 is 1.56. The van der Waals surface area contributed by atoms with Gasteiger partial charge in [0.1, 0.15) is 6.04 Å². The third-order valence-corrected chi connectivity index (χ3v) is 4.21. The molecule has 2 amide bonds. The van der Waals surface area contributed by atoms with Gasteiger partial charge in [0.25, 0.3) is 0 Å². The zero-order chi connectivity index (χ0) is 13.7. The second-order valence-electron chi connectivity index (χ2n) is 4.93. The number of thiophene rings is 1. The lowest BCUT2D eigenvalue weighted by molar-refractivity contribution is -0.136. The maximum absolute atomic E-state index is 12.1. The molecule has 1 aliphatic heterocycles. The zero-order valence-electron chi connectivity index (χ0n) is 11.2. The molecule has 2 heterocycles. The lowest BCUT2D eigenvalue weighted by Crippen LogP contribution is -2.48. The Bertz CT molecular complexity index is 425. The van der Waals surface area contributed by atoms with Crippen LogP contribution in [0.25, 0.3) is 0 Å². The molecule has 1 N–H and O–H groups in total. The Labute approximate surface area is 117 Å². The fraction of sp³-hybridized carbons (Fsp3) is 0.571. The van der Waals surface area contributed by atoms with Crippen LogP contribution in [0.1, 0.15) is 31.1 Å². The van der Waals surface area contributed by atoms with Crippen LogP contribution >= 0.6 is 11.3 Å². The van der Waals surface area contributed by atoms with Crippen LogP contribution in [0.5, 0.6) is 0 Å². The minimum absolute atomic E-state index is 0.0410. The Kier molecular flexibility index (Phi) is 4.96. The van der Waals surface area contributed by atoms with Gasteiger partial charge in [-0.1, -0.05) is 6.07 Å². The normalized spacial score (nSPS) is 17.0. The molecule has 1 atom stereocenters. The maximum atomic E-state index is 12.1. The van der Waals surface area contributed by atoms with Crippen LogP contribution in [-0.4, -0.2) is 35.8 Å². The molecule has 0 radical (unpaired) electrons. The molecule has 1 aliphatic rings. The van der Waals surface area contributed by atoms with Gasteiger partial charge in [-0.05, 0) is 37.6 Å². The van der Waals surface area contributed by atoms with Crippen LogP contribution in [0.3, 0.4) is 0 Å². The van der Waals surface area contributed by atoms with Gasteiger partial charge >= 0.3 is 0 Å². The summed E-state index contributed by atoms with van der Waals surface area (Å²) in [6, 6.07) is 3.43. The topological polar surface area (TPSA) is 49.4 Å². The van der Waals surface area contributed by atoms with Crippen LogP contribution < -0.4 is 5.32 Å². The van der Waals surface area contributed by atoms with Crippen LogP contribution in [0, 0.1) is 0 Å². The highest BCUT2D eigenvalue weighted by molar-refractivity contribution is 7.10. The highest BCUT2D eigenvalue weighted by Gasteiger charge is 2.23. The van der Waals surface area contributed by atoms with Crippen molar-refractivity contribution in [2.75, 3.05) is 13.1 Å². The van der Waals surface area contributed by atoms with E-state index in [2.05, 4.69) is 5.32 Å². The number of likely N-dealkylation sites (tertiary alicyclic amines) is 1. The number of nitrogens with zero attached hydrogens (tertiary/aromatic N) is 1. The number of carbonyl (C=O) groups excluding carboxylic acids is 2. The van der Waals surface area contributed by atoms with E-state index in [1.165, 1.54) is 6.42 Å². The molecule has 0 saturated carbocycles. The van der Waals surface area contributed by atoms with Crippen LogP contribution in [0.2, 0.25) is 0 Å². The number of hydrogen-bond donors (Lipinski definition) is 1. The second kappa shape index (κ2) is 6.70. The SMILES string of the molecule is C[C@H](NC(=O)Cc1cccs1)C(=O)N1CCCCC1. The summed E-state index contributed by atoms with van der Waals surface area (Å²) in [7, 11) is 0. The second-order valence-corrected chi connectivity index (χ2v) is 5.96. The molecule has 104 valence electrons. The van der Waals surface area contributed by atoms with Crippen molar-refractivity contribution in [2.45, 2.75) is 38.6 Å². The number of rotatable bonds is 4. The first-order chi connectivity index (χ1) is 9.16. The molecule has 0 spiro atoms. The largest absolute Gasteiger partial charge is 0.344 e. The predicted molar refractivity (Wildman–Crippen MR) is 76.1 cm³/mol. The van der Waals surface area contributed by atoms with Gasteiger partial charge < -0.3 is 10.2 Å². The average molecular weight is 280 g/mol. The molecule has 1 aromatic rings. The fourth-order valence-corrected chi connectivity index (χ4v) is 3.02. The highest BCUT2D eigenvalue weighted by Crippen LogP contribution is 2.11. The first-order valence-electron chi connectivity index (χ1n) is 6.77. The van der Waals surface area contributed by atoms with Crippen molar-refractivity contribution >= 4 is 23.2 Å². The summed E-state index contributed by atoms with van der Waals surface area (Å²) in [5, 5.41) is 4.74. The number of carbonyl (C=O) groups is 2. The summed E-state index contributed by atoms with van der Waals surface area (Å²) in [6.45, 7) is 3.41. The van der Waals surface area contributed by atoms with Crippen molar-refractivity contribution < 1.29 is 9.59 Å². The van der Waals surface area contributed by atoms with E-state index in [1.54, 1.807) is 18.3 Å². The van der Waals surface area contributed by atoms with E-state index < -0.39 is 6.04 Å². The van der Waals surface area contributed by atoms with E-state index in [4.69, 9.17) is 0 Å². The fourth-order valence-electron chi connectivity index (χ4n) is 2.31. The van der Waals surface area contributed by atoms with Crippen LogP contribution in [0.15, 0.2) is 17.5 Å². The Morgan fingerprint density at radius 3 is 2.74 bits per heavy atom. The molecule has 19 heavy (non-hydrogen) atoms. The third kappa shape index (κ3) is 4.06. The quantitative estimate of drug-likeness (QED) is 0.914. The van der Waals surface area contributed by atoms with Crippen molar-refractivity contribution in [1.82, 2.24) is 10.2 Å². The smallest absolute Gasteiger partial charge is 0.244 e. The molecular weight excluding hydrogens is 260 g/mol. The van der Waals surface area contributed by atoms with E-state index in [1.807, 2.05) is 22.4 Å². The van der Waals surface area contributed by atoms with E-state index in [-0.39, 0.29) is 11.8 Å². The van der Waals surface area contributed by atoms with Gasteiger partial charge in [-0.3, -0.25) is 9.59 Å². The first kappa shape index (κ1) is 14.1. The Morgan fingerprint density at radius 1 is 1.37 bits per heavy atom. The molecule has 1 fully saturated rings. The summed E-state index contributed by atoms with van der Waals surface area (Å²) in [5.41, 5.74) is 0. The summed E-state index contributed by atoms with van der Waals surface area (Å²) < 4.78 is 0. The van der Waals surface area contributed by atoms with Gasteiger partial charge in [-0.25, -0.2) is 0 Å². The third-order valence-electron chi connectivity index (χ3n) is 3.33. The molecule has 2 rings (SSSR count). The van der Waals surface area contributed by atoms with Crippen molar-refractivity contribution in [2.24, 2.45) is 0 Å². The predicted octanol–water partition coefficient (Wildman–Crippen LogP) is 1.81. The number of piperidine rings is 1. The number of hydrogen-bond acceptors (Lipinski definition) is 3. The molecule has 1 aromatic heterocycles. The summed E-state index contributed by atoms with van der Waals surface area (Å²) in [6.07, 6.45) is 3.70. The highest BCUT2D eigenvalue weighted by atomic mass is 32.1. The zero-order valence-corrected chi connectivity index (χ0v) is 12.0. The Morgan fingerprint density at radius 2 is 2.11 bits per heavy atom. The van der Waals surface area contributed by atoms with Crippen molar-refractivity contribution in [3.05, 3.63) is 22.4 Å². The van der Waals surface area contributed by atoms with Crippen molar-refractivity contribution in [3.63, 3.8) is 0 Å². The lowest BCUT2D eigenvalue weighted by atomic mass is 10.1. The van der Waals surface area contributed by atoms with E-state index in [9.17, 15) is 9.59 Å². The molecule has 4 nitrogen and oxygen atoms in total. The molecule has 0 aliphatic carbocycles. The van der Waals surface area contributed by atoms with Crippen LogP contribution in [0.4, 0.5) is 0 Å². The molecule has 0 unspecified atom stereocenters. The Hall–Kier alpha value is -1.36. The number of amides is 2. The van der Waals surface area contributed by atoms with E-state index in [0.29, 0.717) is 6.42 Å². The van der Waals surface area contributed by atoms with E-state index in [0.717, 1.165) is 30.8 Å². The summed E-state index contributed by atoms with van der Waals surface area (Å²) in [4.78, 5) is 26.9. The molecule has 5 heteroatoms. The first-order valence-corrected chi connectivity index (χ1v) is 7.65. The summed E-state index contributed by atoms with van der Waals surface area (Å²) in [5.74, 6) is -0.0421. The average Bonchev–Trinajstić information content (AvgIpc) is 2.91. The minimum atomic E-state index is -0.425. The molecule has 0 bridgehead atoms.